The van der Waals surface area contributed by atoms with Crippen molar-refractivity contribution >= 4 is 28.0 Å². The second-order valence-corrected chi connectivity index (χ2v) is 11.3. The first-order chi connectivity index (χ1) is 18.2. The number of nitrogens with one attached hydrogen (secondary N) is 1. The third-order valence-corrected chi connectivity index (χ3v) is 9.10. The molecule has 8 heteroatoms. The zero-order chi connectivity index (χ0) is 25.2. The highest BCUT2D eigenvalue weighted by Crippen LogP contribution is 2.38. The van der Waals surface area contributed by atoms with Gasteiger partial charge >= 0.3 is 0 Å². The molecule has 0 bridgehead atoms. The van der Waals surface area contributed by atoms with E-state index in [1.165, 1.54) is 37.0 Å². The Morgan fingerprint density at radius 2 is 1.97 bits per heavy atom. The van der Waals surface area contributed by atoms with Crippen molar-refractivity contribution in [3.63, 3.8) is 0 Å². The smallest absolute Gasteiger partial charge is 0.182 e. The molecule has 1 saturated heterocycles. The molecule has 2 fully saturated rings. The highest BCUT2D eigenvalue weighted by atomic mass is 32.1. The minimum absolute atomic E-state index is 0.122. The van der Waals surface area contributed by atoms with Gasteiger partial charge in [0.2, 0.25) is 0 Å². The lowest BCUT2D eigenvalue weighted by atomic mass is 9.82. The van der Waals surface area contributed by atoms with Crippen LogP contribution in [0.3, 0.4) is 0 Å². The molecular weight excluding hydrogens is 482 g/mol. The number of pyridine rings is 1. The van der Waals surface area contributed by atoms with Gasteiger partial charge in [0.25, 0.3) is 0 Å². The Hall–Kier alpha value is -2.94. The van der Waals surface area contributed by atoms with Crippen LogP contribution in [-0.2, 0) is 4.74 Å². The lowest BCUT2D eigenvalue weighted by molar-refractivity contribution is 0.00460. The fourth-order valence-corrected chi connectivity index (χ4v) is 6.93. The number of carbonyl (C=O) groups is 1. The average molecular weight is 516 g/mol. The fourth-order valence-electron chi connectivity index (χ4n) is 5.85. The largest absolute Gasteiger partial charge is 0.379 e. The van der Waals surface area contributed by atoms with Gasteiger partial charge in [-0.05, 0) is 56.6 Å². The van der Waals surface area contributed by atoms with E-state index in [0.717, 1.165) is 70.3 Å². The highest BCUT2D eigenvalue weighted by molar-refractivity contribution is 7.18. The number of aryl methyl sites for hydroxylation is 1. The number of aromatic amines is 1. The van der Waals surface area contributed by atoms with Crippen LogP contribution in [0.2, 0.25) is 0 Å². The summed E-state index contributed by atoms with van der Waals surface area (Å²) in [6.07, 6.45) is 9.90. The van der Waals surface area contributed by atoms with Gasteiger partial charge in [-0.2, -0.15) is 5.10 Å². The first kappa shape index (κ1) is 24.4. The Morgan fingerprint density at radius 1 is 1.14 bits per heavy atom. The Kier molecular flexibility index (Phi) is 7.13. The van der Waals surface area contributed by atoms with Crippen LogP contribution >= 0.6 is 11.3 Å². The van der Waals surface area contributed by atoms with E-state index in [9.17, 15) is 4.79 Å². The monoisotopic (exact) mass is 515 g/mol. The summed E-state index contributed by atoms with van der Waals surface area (Å²) in [6, 6.07) is 10.7. The summed E-state index contributed by atoms with van der Waals surface area (Å²) >= 11 is 1.54. The van der Waals surface area contributed by atoms with Crippen LogP contribution < -0.4 is 0 Å². The summed E-state index contributed by atoms with van der Waals surface area (Å²) in [4.78, 5) is 26.3. The third kappa shape index (κ3) is 5.10. The molecule has 1 aromatic carbocycles. The number of fused-ring (bicyclic) bond motifs is 1. The number of morpholine rings is 1. The van der Waals surface area contributed by atoms with Gasteiger partial charge in [0.1, 0.15) is 16.4 Å². The Bertz CT molecular complexity index is 1370. The predicted molar refractivity (Wildman–Crippen MR) is 147 cm³/mol. The molecule has 4 heterocycles. The topological polar surface area (TPSA) is 84.0 Å². The standard InChI is InChI=1S/C29H33N5O2S/c1-19-4-2-6-23-25(19)32-33-26(23)29-31-27(28(37-29)21-5-3-13-30-18-21)24(35)12-9-20-7-10-22(11-8-20)34-14-16-36-17-15-34/h2-6,13,18,20,22H,7-12,14-17H2,1H3,(H,32,33). The molecule has 1 saturated carbocycles. The Labute approximate surface area is 221 Å². The van der Waals surface area contributed by atoms with Crippen molar-refractivity contribution in [1.82, 2.24) is 25.1 Å². The summed E-state index contributed by atoms with van der Waals surface area (Å²) < 4.78 is 5.52. The minimum atomic E-state index is 0.122. The van der Waals surface area contributed by atoms with Crippen LogP contribution in [0.1, 0.15) is 54.6 Å². The molecule has 4 aromatic rings. The molecule has 192 valence electrons. The molecule has 0 radical (unpaired) electrons. The van der Waals surface area contributed by atoms with Gasteiger partial charge in [0, 0.05) is 48.9 Å². The van der Waals surface area contributed by atoms with E-state index in [1.807, 2.05) is 24.4 Å². The lowest BCUT2D eigenvalue weighted by Gasteiger charge is -2.38. The molecule has 0 atom stereocenters. The van der Waals surface area contributed by atoms with E-state index >= 15 is 0 Å². The van der Waals surface area contributed by atoms with Crippen molar-refractivity contribution in [2.24, 2.45) is 5.92 Å². The van der Waals surface area contributed by atoms with Crippen molar-refractivity contribution in [2.45, 2.75) is 51.5 Å². The van der Waals surface area contributed by atoms with Gasteiger partial charge in [0.15, 0.2) is 5.78 Å². The molecule has 1 aliphatic heterocycles. The lowest BCUT2D eigenvalue weighted by Crippen LogP contribution is -2.45. The highest BCUT2D eigenvalue weighted by Gasteiger charge is 2.28. The number of thiazole rings is 1. The molecule has 1 aliphatic carbocycles. The Balaban J connectivity index is 1.19. The Morgan fingerprint density at radius 3 is 2.76 bits per heavy atom. The quantitative estimate of drug-likeness (QED) is 0.308. The molecule has 3 aromatic heterocycles. The second-order valence-electron chi connectivity index (χ2n) is 10.3. The van der Waals surface area contributed by atoms with Gasteiger partial charge in [-0.1, -0.05) is 24.3 Å². The average Bonchev–Trinajstić information content (AvgIpc) is 3.59. The fraction of sp³-hybridized carbons (Fsp3) is 0.448. The van der Waals surface area contributed by atoms with E-state index in [1.54, 1.807) is 6.20 Å². The summed E-state index contributed by atoms with van der Waals surface area (Å²) in [5.74, 6) is 0.734. The molecule has 1 N–H and O–H groups in total. The number of nitrogens with zero attached hydrogens (tertiary/aromatic N) is 4. The van der Waals surface area contributed by atoms with Crippen LogP contribution in [0.5, 0.6) is 0 Å². The van der Waals surface area contributed by atoms with Crippen molar-refractivity contribution in [1.29, 1.82) is 0 Å². The van der Waals surface area contributed by atoms with E-state index < -0.39 is 0 Å². The van der Waals surface area contributed by atoms with Gasteiger partial charge < -0.3 is 4.74 Å². The molecule has 0 spiro atoms. The number of ketones is 1. The van der Waals surface area contributed by atoms with Crippen molar-refractivity contribution in [3.05, 3.63) is 54.0 Å². The van der Waals surface area contributed by atoms with Gasteiger partial charge in [-0.25, -0.2) is 4.98 Å². The summed E-state index contributed by atoms with van der Waals surface area (Å²) in [6.45, 7) is 5.89. The number of para-hydroxylation sites is 1. The number of ether oxygens (including phenoxy) is 1. The molecule has 6 rings (SSSR count). The summed E-state index contributed by atoms with van der Waals surface area (Å²) in [5.41, 5.74) is 4.42. The zero-order valence-corrected chi connectivity index (χ0v) is 22.1. The van der Waals surface area contributed by atoms with E-state index in [4.69, 9.17) is 9.72 Å². The normalized spacial score (nSPS) is 20.9. The molecule has 7 nitrogen and oxygen atoms in total. The van der Waals surface area contributed by atoms with Crippen molar-refractivity contribution in [2.75, 3.05) is 26.3 Å². The third-order valence-electron chi connectivity index (χ3n) is 7.97. The number of carbonyl (C=O) groups excluding carboxylic acids is 1. The van der Waals surface area contributed by atoms with Crippen LogP contribution in [0.25, 0.3) is 32.0 Å². The number of aromatic nitrogens is 4. The maximum atomic E-state index is 13.6. The first-order valence-corrected chi connectivity index (χ1v) is 14.2. The summed E-state index contributed by atoms with van der Waals surface area (Å²) in [5, 5.41) is 9.52. The number of Topliss-reactive ketones (excluding diaryl/α,β-unsaturated/α-hetero) is 1. The van der Waals surface area contributed by atoms with Gasteiger partial charge in [0.05, 0.1) is 23.6 Å². The van der Waals surface area contributed by atoms with Gasteiger partial charge in [-0.3, -0.25) is 19.8 Å². The van der Waals surface area contributed by atoms with Gasteiger partial charge in [-0.15, -0.1) is 11.3 Å². The maximum absolute atomic E-state index is 13.6. The first-order valence-electron chi connectivity index (χ1n) is 13.4. The number of rotatable bonds is 7. The minimum Gasteiger partial charge on any atom is -0.379 e. The molecular formula is C29H33N5O2S. The predicted octanol–water partition coefficient (Wildman–Crippen LogP) is 5.91. The molecule has 0 amide bonds. The van der Waals surface area contributed by atoms with E-state index in [2.05, 4.69) is 39.1 Å². The maximum Gasteiger partial charge on any atom is 0.182 e. The van der Waals surface area contributed by atoms with Crippen LogP contribution in [0.15, 0.2) is 42.7 Å². The second kappa shape index (κ2) is 10.8. The number of hydrogen-bond donors (Lipinski definition) is 1. The van der Waals surface area contributed by atoms with Crippen LogP contribution in [0, 0.1) is 12.8 Å². The van der Waals surface area contributed by atoms with E-state index in [-0.39, 0.29) is 5.78 Å². The van der Waals surface area contributed by atoms with Crippen molar-refractivity contribution in [3.8, 4) is 21.1 Å². The zero-order valence-electron chi connectivity index (χ0n) is 21.3. The van der Waals surface area contributed by atoms with Crippen LogP contribution in [0.4, 0.5) is 0 Å². The SMILES string of the molecule is Cc1cccc2c(-c3nc(C(=O)CCC4CCC(N5CCOCC5)CC4)c(-c4cccnc4)s3)[nH]nc12. The number of benzene rings is 1. The van der Waals surface area contributed by atoms with Crippen molar-refractivity contribution < 1.29 is 9.53 Å². The number of H-pyrrole nitrogens is 1. The summed E-state index contributed by atoms with van der Waals surface area (Å²) in [7, 11) is 0. The van der Waals surface area contributed by atoms with Crippen LogP contribution in [-0.4, -0.2) is 63.2 Å². The number of hydrogen-bond acceptors (Lipinski definition) is 7. The molecule has 37 heavy (non-hydrogen) atoms. The molecule has 0 unspecified atom stereocenters. The molecule has 2 aliphatic rings. The van der Waals surface area contributed by atoms with E-state index in [0.29, 0.717) is 24.1 Å².